The molecule has 0 amide bonds. The Morgan fingerprint density at radius 3 is 2.68 bits per heavy atom. The zero-order chi connectivity index (χ0) is 17.8. The second-order valence-electron chi connectivity index (χ2n) is 5.50. The second-order valence-corrected chi connectivity index (χ2v) is 5.50. The van der Waals surface area contributed by atoms with Gasteiger partial charge in [-0.15, -0.1) is 0 Å². The van der Waals surface area contributed by atoms with Gasteiger partial charge < -0.3 is 4.42 Å². The summed E-state index contributed by atoms with van der Waals surface area (Å²) in [6.45, 7) is 3.58. The lowest BCUT2D eigenvalue weighted by Gasteiger charge is -2.04. The lowest BCUT2D eigenvalue weighted by atomic mass is 10.0. The van der Waals surface area contributed by atoms with Gasteiger partial charge in [0.15, 0.2) is 0 Å². The molecular formula is C18H16N4O3. The van der Waals surface area contributed by atoms with Crippen LogP contribution in [0.15, 0.2) is 58.3 Å². The molecule has 0 spiro atoms. The van der Waals surface area contributed by atoms with Crippen molar-refractivity contribution in [1.29, 1.82) is 0 Å². The fraction of sp³-hybridized carbons (Fsp3) is 0.111. The molecule has 0 aliphatic carbocycles. The monoisotopic (exact) mass is 336 g/mol. The minimum absolute atomic E-state index is 0.0842. The van der Waals surface area contributed by atoms with Crippen molar-refractivity contribution in [3.8, 4) is 11.3 Å². The molecule has 7 heteroatoms. The number of hydrogen-bond acceptors (Lipinski definition) is 6. The van der Waals surface area contributed by atoms with Crippen molar-refractivity contribution in [3.05, 3.63) is 75.8 Å². The second kappa shape index (κ2) is 6.96. The average molecular weight is 336 g/mol. The van der Waals surface area contributed by atoms with Crippen LogP contribution in [0.2, 0.25) is 0 Å². The third-order valence-corrected chi connectivity index (χ3v) is 3.81. The lowest BCUT2D eigenvalue weighted by Crippen LogP contribution is -1.94. The van der Waals surface area contributed by atoms with E-state index in [1.165, 1.54) is 6.07 Å². The van der Waals surface area contributed by atoms with E-state index < -0.39 is 0 Å². The van der Waals surface area contributed by atoms with Crippen LogP contribution in [0.1, 0.15) is 16.9 Å². The number of pyridine rings is 1. The zero-order valence-corrected chi connectivity index (χ0v) is 13.8. The summed E-state index contributed by atoms with van der Waals surface area (Å²) in [5, 5.41) is 15.3. The Morgan fingerprint density at radius 2 is 1.96 bits per heavy atom. The van der Waals surface area contributed by atoms with Crippen LogP contribution in [0.4, 0.5) is 11.4 Å². The van der Waals surface area contributed by atoms with E-state index in [2.05, 4.69) is 15.5 Å². The van der Waals surface area contributed by atoms with Crippen molar-refractivity contribution in [3.63, 3.8) is 0 Å². The highest BCUT2D eigenvalue weighted by Crippen LogP contribution is 2.30. The quantitative estimate of drug-likeness (QED) is 0.425. The summed E-state index contributed by atoms with van der Waals surface area (Å²) in [4.78, 5) is 14.7. The lowest BCUT2D eigenvalue weighted by molar-refractivity contribution is -0.385. The number of furan rings is 1. The number of aryl methyl sites for hydroxylation is 1. The van der Waals surface area contributed by atoms with Gasteiger partial charge >= 0.3 is 0 Å². The van der Waals surface area contributed by atoms with E-state index in [0.29, 0.717) is 22.6 Å². The number of hydrogen-bond donors (Lipinski definition) is 1. The largest absolute Gasteiger partial charge is 0.455 e. The van der Waals surface area contributed by atoms with Crippen molar-refractivity contribution in [2.24, 2.45) is 5.10 Å². The average Bonchev–Trinajstić information content (AvgIpc) is 3.07. The molecule has 0 atom stereocenters. The standard InChI is InChI=1S/C18H16N4O3/c1-12-9-14(10-17(13(12)2)22(23)24)18-4-3-16(25-18)11-20-21-15-5-7-19-8-6-15/h3-11H,1-2H3,(H,19,21)/b20-11+. The SMILES string of the molecule is Cc1cc(-c2ccc(/C=N/Nc3ccncc3)o2)cc([N+](=O)[O-])c1C. The normalized spacial score (nSPS) is 11.0. The molecule has 126 valence electrons. The van der Waals surface area contributed by atoms with Gasteiger partial charge in [0, 0.05) is 29.6 Å². The minimum atomic E-state index is -0.379. The molecule has 25 heavy (non-hydrogen) atoms. The highest BCUT2D eigenvalue weighted by Gasteiger charge is 2.16. The van der Waals surface area contributed by atoms with Gasteiger partial charge in [-0.2, -0.15) is 5.10 Å². The van der Waals surface area contributed by atoms with Gasteiger partial charge in [0.25, 0.3) is 5.69 Å². The number of anilines is 1. The topological polar surface area (TPSA) is 93.6 Å². The molecule has 1 aromatic carbocycles. The number of nitrogens with one attached hydrogen (secondary N) is 1. The first-order valence-electron chi connectivity index (χ1n) is 7.59. The van der Waals surface area contributed by atoms with Gasteiger partial charge in [0.05, 0.1) is 16.8 Å². The van der Waals surface area contributed by atoms with Crippen molar-refractivity contribution in [1.82, 2.24) is 4.98 Å². The maximum absolute atomic E-state index is 11.2. The fourth-order valence-electron chi connectivity index (χ4n) is 2.35. The number of benzene rings is 1. The van der Waals surface area contributed by atoms with Crippen molar-refractivity contribution in [2.45, 2.75) is 13.8 Å². The molecule has 0 fully saturated rings. The fourth-order valence-corrected chi connectivity index (χ4v) is 2.35. The Kier molecular flexibility index (Phi) is 4.56. The van der Waals surface area contributed by atoms with Gasteiger partial charge in [-0.3, -0.25) is 20.5 Å². The molecule has 7 nitrogen and oxygen atoms in total. The minimum Gasteiger partial charge on any atom is -0.455 e. The maximum Gasteiger partial charge on any atom is 0.273 e. The third kappa shape index (κ3) is 3.72. The molecule has 0 bridgehead atoms. The summed E-state index contributed by atoms with van der Waals surface area (Å²) in [5.41, 5.74) is 5.92. The van der Waals surface area contributed by atoms with E-state index in [0.717, 1.165) is 11.3 Å². The van der Waals surface area contributed by atoms with Gasteiger partial charge in [0.1, 0.15) is 11.5 Å². The molecular weight excluding hydrogens is 320 g/mol. The third-order valence-electron chi connectivity index (χ3n) is 3.81. The van der Waals surface area contributed by atoms with Gasteiger partial charge in [0.2, 0.25) is 0 Å². The Labute approximate surface area is 144 Å². The smallest absolute Gasteiger partial charge is 0.273 e. The van der Waals surface area contributed by atoms with E-state index in [4.69, 9.17) is 4.42 Å². The van der Waals surface area contributed by atoms with E-state index in [9.17, 15) is 10.1 Å². The first kappa shape index (κ1) is 16.4. The number of aromatic nitrogens is 1. The first-order chi connectivity index (χ1) is 12.0. The molecule has 0 unspecified atom stereocenters. The van der Waals surface area contributed by atoms with Crippen LogP contribution in [0.25, 0.3) is 11.3 Å². The van der Waals surface area contributed by atoms with Crippen molar-refractivity contribution >= 4 is 17.6 Å². The van der Waals surface area contributed by atoms with Crippen molar-refractivity contribution < 1.29 is 9.34 Å². The van der Waals surface area contributed by atoms with E-state index in [1.807, 2.05) is 13.0 Å². The zero-order valence-electron chi connectivity index (χ0n) is 13.8. The van der Waals surface area contributed by atoms with Crippen LogP contribution in [0.3, 0.4) is 0 Å². The number of rotatable bonds is 5. The summed E-state index contributed by atoms with van der Waals surface area (Å²) in [6.07, 6.45) is 4.87. The summed E-state index contributed by atoms with van der Waals surface area (Å²) >= 11 is 0. The van der Waals surface area contributed by atoms with Gasteiger partial charge in [-0.25, -0.2) is 0 Å². The molecule has 0 aliphatic rings. The van der Waals surface area contributed by atoms with Crippen LogP contribution in [-0.4, -0.2) is 16.1 Å². The summed E-state index contributed by atoms with van der Waals surface area (Å²) < 4.78 is 5.71. The molecule has 0 saturated heterocycles. The molecule has 0 saturated carbocycles. The van der Waals surface area contributed by atoms with Crippen LogP contribution < -0.4 is 5.43 Å². The molecule has 0 radical (unpaired) electrons. The predicted molar refractivity (Wildman–Crippen MR) is 95.7 cm³/mol. The Hall–Kier alpha value is -3.48. The van der Waals surface area contributed by atoms with E-state index >= 15 is 0 Å². The van der Waals surface area contributed by atoms with Crippen LogP contribution in [-0.2, 0) is 0 Å². The summed E-state index contributed by atoms with van der Waals surface area (Å²) in [6, 6.07) is 10.5. The van der Waals surface area contributed by atoms with Crippen LogP contribution in [0.5, 0.6) is 0 Å². The van der Waals surface area contributed by atoms with Crippen LogP contribution >= 0.6 is 0 Å². The number of nitro benzene ring substituents is 1. The van der Waals surface area contributed by atoms with E-state index in [1.54, 1.807) is 49.8 Å². The van der Waals surface area contributed by atoms with Gasteiger partial charge in [-0.1, -0.05) is 0 Å². The summed E-state index contributed by atoms with van der Waals surface area (Å²) in [5.74, 6) is 1.09. The maximum atomic E-state index is 11.2. The molecule has 3 aromatic rings. The highest BCUT2D eigenvalue weighted by atomic mass is 16.6. The van der Waals surface area contributed by atoms with Crippen LogP contribution in [0, 0.1) is 24.0 Å². The van der Waals surface area contributed by atoms with Gasteiger partial charge in [-0.05, 0) is 49.7 Å². The first-order valence-corrected chi connectivity index (χ1v) is 7.59. The number of nitro groups is 1. The molecule has 2 heterocycles. The highest BCUT2D eigenvalue weighted by molar-refractivity contribution is 5.78. The number of nitrogens with zero attached hydrogens (tertiary/aromatic N) is 3. The Bertz CT molecular complexity index is 933. The molecule has 2 aromatic heterocycles. The molecule has 3 rings (SSSR count). The molecule has 0 aliphatic heterocycles. The van der Waals surface area contributed by atoms with Crippen molar-refractivity contribution in [2.75, 3.05) is 5.43 Å². The van der Waals surface area contributed by atoms with E-state index in [-0.39, 0.29) is 10.6 Å². The Morgan fingerprint density at radius 1 is 1.20 bits per heavy atom. The predicted octanol–water partition coefficient (Wildman–Crippen LogP) is 4.31. The summed E-state index contributed by atoms with van der Waals surface area (Å²) in [7, 11) is 0. The number of hydrazone groups is 1. The molecule has 1 N–H and O–H groups in total. The Balaban J connectivity index is 1.81.